The predicted octanol–water partition coefficient (Wildman–Crippen LogP) is 3.49. The number of anilines is 1. The third kappa shape index (κ3) is 4.11. The second-order valence-electron chi connectivity index (χ2n) is 7.40. The summed E-state index contributed by atoms with van der Waals surface area (Å²) >= 11 is 1.15. The largest absolute Gasteiger partial charge is 0.368 e. The summed E-state index contributed by atoms with van der Waals surface area (Å²) < 4.78 is 40.1. The van der Waals surface area contributed by atoms with Crippen LogP contribution in [0, 0.1) is 6.92 Å². The molecule has 3 N–H and O–H groups in total. The van der Waals surface area contributed by atoms with E-state index in [4.69, 9.17) is 5.73 Å². The molecule has 0 spiro atoms. The lowest BCUT2D eigenvalue weighted by molar-refractivity contribution is -0.121. The van der Waals surface area contributed by atoms with Gasteiger partial charge in [0, 0.05) is 12.7 Å². The van der Waals surface area contributed by atoms with Gasteiger partial charge in [-0.2, -0.15) is 0 Å². The molecule has 1 fully saturated rings. The average Bonchev–Trinajstić information content (AvgIpc) is 3.34. The minimum atomic E-state index is -2.92. The molecule has 0 aliphatic carbocycles. The molecule has 1 aliphatic heterocycles. The molecule has 3 rings (SSSR count). The van der Waals surface area contributed by atoms with Crippen LogP contribution in [0.15, 0.2) is 18.3 Å². The number of nitrogens with two attached hydrogens (primary N) is 1. The van der Waals surface area contributed by atoms with E-state index >= 15 is 0 Å². The zero-order valence-electron chi connectivity index (χ0n) is 16.5. The van der Waals surface area contributed by atoms with E-state index in [0.717, 1.165) is 18.3 Å². The van der Waals surface area contributed by atoms with E-state index in [-0.39, 0.29) is 5.69 Å². The number of pyridine rings is 1. The van der Waals surface area contributed by atoms with Crippen LogP contribution in [0.1, 0.15) is 31.2 Å². The summed E-state index contributed by atoms with van der Waals surface area (Å²) in [6, 6.07) is 1.90. The Kier molecular flexibility index (Phi) is 6.30. The lowest BCUT2D eigenvalue weighted by Gasteiger charge is -2.24. The second-order valence-corrected chi connectivity index (χ2v) is 8.40. The number of carbonyl (C=O) groups is 2. The van der Waals surface area contributed by atoms with Crippen LogP contribution in [0.25, 0.3) is 10.4 Å². The van der Waals surface area contributed by atoms with Crippen LogP contribution in [0.5, 0.6) is 0 Å². The maximum atomic E-state index is 13.4. The summed E-state index contributed by atoms with van der Waals surface area (Å²) in [5.74, 6) is -0.557. The van der Waals surface area contributed by atoms with Crippen LogP contribution >= 0.6 is 11.3 Å². The quantitative estimate of drug-likeness (QED) is 0.717. The van der Waals surface area contributed by atoms with Crippen molar-refractivity contribution in [3.05, 3.63) is 29.7 Å². The van der Waals surface area contributed by atoms with E-state index < -0.39 is 36.5 Å². The van der Waals surface area contributed by atoms with Crippen LogP contribution < -0.4 is 11.1 Å². The molecule has 2 unspecified atom stereocenters. The number of alkyl halides is 3. The predicted molar refractivity (Wildman–Crippen MR) is 107 cm³/mol. The summed E-state index contributed by atoms with van der Waals surface area (Å²) in [4.78, 5) is 34.3. The molecular weight excluding hydrogens is 419 g/mol. The molecule has 0 bridgehead atoms. The third-order valence-corrected chi connectivity index (χ3v) is 6.34. The monoisotopic (exact) mass is 441 g/mol. The van der Waals surface area contributed by atoms with Gasteiger partial charge in [0.2, 0.25) is 5.91 Å². The van der Waals surface area contributed by atoms with Gasteiger partial charge in [0.25, 0.3) is 6.43 Å². The Morgan fingerprint density at radius 3 is 2.83 bits per heavy atom. The fraction of sp³-hybridized carbons (Fsp3) is 0.474. The molecule has 0 aromatic carbocycles. The number of aryl methyl sites for hydroxylation is 1. The summed E-state index contributed by atoms with van der Waals surface area (Å²) in [6.07, 6.45) is -0.371. The molecule has 11 heteroatoms. The zero-order valence-corrected chi connectivity index (χ0v) is 17.3. The molecule has 1 aliphatic rings. The third-order valence-electron chi connectivity index (χ3n) is 5.22. The van der Waals surface area contributed by atoms with Gasteiger partial charge >= 0.3 is 6.03 Å². The normalized spacial score (nSPS) is 18.5. The van der Waals surface area contributed by atoms with Crippen LogP contribution in [0.3, 0.4) is 0 Å². The molecule has 2 aromatic heterocycles. The zero-order chi connectivity index (χ0) is 22.1. The number of carbonyl (C=O) groups excluding carboxylic acids is 2. The molecule has 30 heavy (non-hydrogen) atoms. The van der Waals surface area contributed by atoms with Gasteiger partial charge in [-0.05, 0) is 44.4 Å². The average molecular weight is 441 g/mol. The Morgan fingerprint density at radius 2 is 2.20 bits per heavy atom. The first kappa shape index (κ1) is 22.0. The number of hydrogen-bond donors (Lipinski definition) is 2. The SMILES string of the molecule is Cc1nc(NC(=O)N2CCCC2C(N)=O)sc1-c1ccnc(C(C)(CF)C(F)F)c1. The van der Waals surface area contributed by atoms with Crippen molar-refractivity contribution in [3.8, 4) is 10.4 Å². The Bertz CT molecular complexity index is 954. The van der Waals surface area contributed by atoms with Gasteiger partial charge in [-0.15, -0.1) is 0 Å². The second kappa shape index (κ2) is 8.58. The standard InChI is InChI=1S/C19H22F3N5O2S/c1-10-14(11-5-6-24-13(8-11)19(2,9-20)16(21)22)30-17(25-10)26-18(29)27-7-3-4-12(27)15(23)28/h5-6,8,12,16H,3-4,7,9H2,1-2H3,(H2,23,28)(H,25,26,29). The van der Waals surface area contributed by atoms with Gasteiger partial charge in [0.1, 0.15) is 12.7 Å². The summed E-state index contributed by atoms with van der Waals surface area (Å²) in [5.41, 5.74) is 4.40. The number of primary amides is 1. The molecule has 2 aromatic rings. The number of likely N-dealkylation sites (tertiary alicyclic amines) is 1. The minimum absolute atomic E-state index is 0.0581. The fourth-order valence-corrected chi connectivity index (χ4v) is 4.26. The molecule has 1 saturated heterocycles. The Hall–Kier alpha value is -2.69. The van der Waals surface area contributed by atoms with Crippen molar-refractivity contribution in [2.45, 2.75) is 44.6 Å². The Labute approximate surface area is 175 Å². The highest BCUT2D eigenvalue weighted by atomic mass is 32.1. The van der Waals surface area contributed by atoms with Gasteiger partial charge in [-0.25, -0.2) is 22.9 Å². The van der Waals surface area contributed by atoms with Crippen molar-refractivity contribution in [1.29, 1.82) is 0 Å². The number of urea groups is 1. The topological polar surface area (TPSA) is 101 Å². The number of hydrogen-bond acceptors (Lipinski definition) is 5. The van der Waals surface area contributed by atoms with Crippen molar-refractivity contribution in [1.82, 2.24) is 14.9 Å². The minimum Gasteiger partial charge on any atom is -0.368 e. The van der Waals surface area contributed by atoms with Crippen molar-refractivity contribution in [2.24, 2.45) is 5.73 Å². The van der Waals surface area contributed by atoms with Gasteiger partial charge in [0.05, 0.1) is 21.7 Å². The van der Waals surface area contributed by atoms with Gasteiger partial charge in [-0.3, -0.25) is 15.1 Å². The van der Waals surface area contributed by atoms with E-state index in [1.165, 1.54) is 17.2 Å². The highest BCUT2D eigenvalue weighted by Crippen LogP contribution is 2.36. The number of halogens is 3. The first-order valence-electron chi connectivity index (χ1n) is 9.32. The molecule has 3 amide bonds. The van der Waals surface area contributed by atoms with Crippen molar-refractivity contribution in [3.63, 3.8) is 0 Å². The van der Waals surface area contributed by atoms with Crippen molar-refractivity contribution >= 4 is 28.4 Å². The fourth-order valence-electron chi connectivity index (χ4n) is 3.31. The molecule has 7 nitrogen and oxygen atoms in total. The molecule has 0 saturated carbocycles. The van der Waals surface area contributed by atoms with Gasteiger partial charge < -0.3 is 10.6 Å². The lowest BCUT2D eigenvalue weighted by atomic mass is 9.87. The summed E-state index contributed by atoms with van der Waals surface area (Å²) in [6.45, 7) is 2.01. The van der Waals surface area contributed by atoms with Crippen LogP contribution in [-0.2, 0) is 10.2 Å². The Balaban J connectivity index is 1.84. The van der Waals surface area contributed by atoms with E-state index in [9.17, 15) is 22.8 Å². The Morgan fingerprint density at radius 1 is 1.47 bits per heavy atom. The number of aromatic nitrogens is 2. The van der Waals surface area contributed by atoms with Crippen LogP contribution in [0.4, 0.5) is 23.1 Å². The van der Waals surface area contributed by atoms with E-state index in [1.807, 2.05) is 0 Å². The van der Waals surface area contributed by atoms with Gasteiger partial charge in [-0.1, -0.05) is 11.3 Å². The maximum Gasteiger partial charge on any atom is 0.324 e. The smallest absolute Gasteiger partial charge is 0.324 e. The maximum absolute atomic E-state index is 13.4. The number of thiazole rings is 1. The molecule has 0 radical (unpaired) electrons. The molecule has 162 valence electrons. The summed E-state index contributed by atoms with van der Waals surface area (Å²) in [5, 5.41) is 2.96. The van der Waals surface area contributed by atoms with Crippen molar-refractivity contribution < 1.29 is 22.8 Å². The van der Waals surface area contributed by atoms with Crippen LogP contribution in [0.2, 0.25) is 0 Å². The molecule has 2 atom stereocenters. The van der Waals surface area contributed by atoms with E-state index in [1.54, 1.807) is 13.0 Å². The van der Waals surface area contributed by atoms with Crippen molar-refractivity contribution in [2.75, 3.05) is 18.5 Å². The van der Waals surface area contributed by atoms with Gasteiger partial charge in [0.15, 0.2) is 5.13 Å². The molecule has 3 heterocycles. The van der Waals surface area contributed by atoms with E-state index in [2.05, 4.69) is 15.3 Å². The lowest BCUT2D eigenvalue weighted by Crippen LogP contribution is -2.45. The number of nitrogens with zero attached hydrogens (tertiary/aromatic N) is 3. The van der Waals surface area contributed by atoms with Crippen LogP contribution in [-0.4, -0.2) is 52.5 Å². The first-order valence-corrected chi connectivity index (χ1v) is 10.1. The highest BCUT2D eigenvalue weighted by Gasteiger charge is 2.39. The summed E-state index contributed by atoms with van der Waals surface area (Å²) in [7, 11) is 0. The number of nitrogens with one attached hydrogen (secondary N) is 1. The molecular formula is C19H22F3N5O2S. The number of rotatable bonds is 6. The van der Waals surface area contributed by atoms with E-state index in [0.29, 0.717) is 40.7 Å². The highest BCUT2D eigenvalue weighted by molar-refractivity contribution is 7.19. The first-order chi connectivity index (χ1) is 14.2. The number of amides is 3.